The van der Waals surface area contributed by atoms with Crippen molar-refractivity contribution in [3.8, 4) is 5.75 Å². The van der Waals surface area contributed by atoms with Crippen molar-refractivity contribution in [2.75, 3.05) is 11.9 Å². The van der Waals surface area contributed by atoms with Gasteiger partial charge in [-0.25, -0.2) is 4.99 Å². The third-order valence-electron chi connectivity index (χ3n) is 5.96. The van der Waals surface area contributed by atoms with Gasteiger partial charge in [0, 0.05) is 35.5 Å². The van der Waals surface area contributed by atoms with E-state index in [1.165, 1.54) is 30.5 Å². The number of nitrogens with one attached hydrogen (secondary N) is 1. The number of benzene rings is 2. The topological polar surface area (TPSA) is 152 Å². The molecule has 1 fully saturated rings. The van der Waals surface area contributed by atoms with E-state index < -0.39 is 23.1 Å². The van der Waals surface area contributed by atoms with Gasteiger partial charge in [-0.2, -0.15) is 8.78 Å². The second kappa shape index (κ2) is 12.0. The summed E-state index contributed by atoms with van der Waals surface area (Å²) in [6.45, 7) is 0.300. The lowest BCUT2D eigenvalue weighted by Gasteiger charge is -2.37. The number of aliphatic imine (C=N–C) groups is 2. The summed E-state index contributed by atoms with van der Waals surface area (Å²) < 4.78 is 25.0. The SMILES string of the molecule is NCC1(N=CC(C(N)=O)C(N)=Nc2ccc(SC(F)F)cc2)CCC(Nc2cccc(O)c2)CC1. The molecule has 1 atom stereocenters. The van der Waals surface area contributed by atoms with Crippen LogP contribution in [0.1, 0.15) is 25.7 Å². The molecule has 1 amide bonds. The van der Waals surface area contributed by atoms with Crippen molar-refractivity contribution < 1.29 is 18.7 Å². The molecule has 1 saturated carbocycles. The lowest BCUT2D eigenvalue weighted by atomic mass is 9.79. The fourth-order valence-electron chi connectivity index (χ4n) is 3.97. The van der Waals surface area contributed by atoms with E-state index in [1.54, 1.807) is 18.2 Å². The summed E-state index contributed by atoms with van der Waals surface area (Å²) in [5.41, 5.74) is 18.4. The van der Waals surface area contributed by atoms with Gasteiger partial charge in [-0.15, -0.1) is 0 Å². The number of alkyl halides is 2. The van der Waals surface area contributed by atoms with E-state index in [4.69, 9.17) is 17.2 Å². The first kappa shape index (κ1) is 26.4. The number of amidine groups is 1. The van der Waals surface area contributed by atoms with Crippen LogP contribution in [0.4, 0.5) is 20.2 Å². The number of hydrogen-bond acceptors (Lipinski definition) is 7. The Morgan fingerprint density at radius 1 is 1.20 bits per heavy atom. The molecule has 0 saturated heterocycles. The van der Waals surface area contributed by atoms with Crippen molar-refractivity contribution in [2.45, 2.75) is 47.9 Å². The number of nitrogens with zero attached hydrogens (tertiary/aromatic N) is 2. The third-order valence-corrected chi connectivity index (χ3v) is 6.68. The maximum atomic E-state index is 12.5. The van der Waals surface area contributed by atoms with E-state index in [9.17, 15) is 18.7 Å². The largest absolute Gasteiger partial charge is 0.508 e. The molecule has 11 heteroatoms. The fourth-order valence-corrected chi connectivity index (χ4v) is 4.46. The lowest BCUT2D eigenvalue weighted by molar-refractivity contribution is -0.118. The molecule has 0 aromatic heterocycles. The van der Waals surface area contributed by atoms with Gasteiger partial charge in [0.15, 0.2) is 0 Å². The van der Waals surface area contributed by atoms with Crippen LogP contribution in [0.3, 0.4) is 0 Å². The Labute approximate surface area is 207 Å². The molecule has 2 aromatic carbocycles. The highest BCUT2D eigenvalue weighted by Gasteiger charge is 2.34. The molecule has 0 aliphatic heterocycles. The number of halogens is 2. The van der Waals surface area contributed by atoms with E-state index in [2.05, 4.69) is 15.3 Å². The fraction of sp³-hybridized carbons (Fsp3) is 0.375. The average Bonchev–Trinajstić information content (AvgIpc) is 2.81. The summed E-state index contributed by atoms with van der Waals surface area (Å²) in [6, 6.07) is 13.3. The van der Waals surface area contributed by atoms with Crippen LogP contribution >= 0.6 is 11.8 Å². The zero-order chi connectivity index (χ0) is 25.4. The van der Waals surface area contributed by atoms with Crippen LogP contribution in [-0.4, -0.2) is 46.9 Å². The minimum absolute atomic E-state index is 0.0399. The maximum absolute atomic E-state index is 12.5. The van der Waals surface area contributed by atoms with Gasteiger partial charge < -0.3 is 27.6 Å². The number of phenolic OH excluding ortho intramolecular Hbond substituents is 1. The minimum Gasteiger partial charge on any atom is -0.508 e. The summed E-state index contributed by atoms with van der Waals surface area (Å²) >= 11 is 0.428. The van der Waals surface area contributed by atoms with Gasteiger partial charge in [-0.1, -0.05) is 17.8 Å². The molecule has 0 radical (unpaired) electrons. The number of carbonyl (C=O) groups excluding carboxylic acids is 1. The van der Waals surface area contributed by atoms with Gasteiger partial charge in [0.2, 0.25) is 5.91 Å². The molecule has 0 spiro atoms. The van der Waals surface area contributed by atoms with Crippen molar-refractivity contribution in [1.82, 2.24) is 0 Å². The highest BCUT2D eigenvalue weighted by Crippen LogP contribution is 2.33. The van der Waals surface area contributed by atoms with Crippen LogP contribution in [0, 0.1) is 5.92 Å². The molecule has 1 unspecified atom stereocenters. The molecule has 35 heavy (non-hydrogen) atoms. The maximum Gasteiger partial charge on any atom is 0.288 e. The normalized spacial score (nSPS) is 21.8. The lowest BCUT2D eigenvalue weighted by Crippen LogP contribution is -2.44. The number of phenols is 1. The van der Waals surface area contributed by atoms with Crippen molar-refractivity contribution in [2.24, 2.45) is 33.1 Å². The number of hydrogen-bond donors (Lipinski definition) is 5. The van der Waals surface area contributed by atoms with Crippen LogP contribution in [0.5, 0.6) is 5.75 Å². The summed E-state index contributed by atoms with van der Waals surface area (Å²) in [5.74, 6) is -4.09. The first-order valence-electron chi connectivity index (χ1n) is 11.2. The smallest absolute Gasteiger partial charge is 0.288 e. The molecule has 3 rings (SSSR count). The van der Waals surface area contributed by atoms with E-state index >= 15 is 0 Å². The number of nitrogens with two attached hydrogens (primary N) is 3. The molecule has 188 valence electrons. The number of carbonyl (C=O) groups is 1. The highest BCUT2D eigenvalue weighted by atomic mass is 32.2. The van der Waals surface area contributed by atoms with Crippen LogP contribution in [0.15, 0.2) is 63.4 Å². The molecule has 0 bridgehead atoms. The molecule has 0 heterocycles. The van der Waals surface area contributed by atoms with Crippen molar-refractivity contribution in [3.63, 3.8) is 0 Å². The average molecular weight is 505 g/mol. The number of anilines is 1. The van der Waals surface area contributed by atoms with E-state index in [-0.39, 0.29) is 17.6 Å². The molecule has 2 aromatic rings. The first-order chi connectivity index (χ1) is 16.7. The predicted octanol–water partition coefficient (Wildman–Crippen LogP) is 3.62. The van der Waals surface area contributed by atoms with Gasteiger partial charge in [-0.3, -0.25) is 9.79 Å². The number of aromatic hydroxyl groups is 1. The van der Waals surface area contributed by atoms with Crippen molar-refractivity contribution >= 4 is 41.1 Å². The number of amides is 1. The van der Waals surface area contributed by atoms with E-state index in [0.717, 1.165) is 18.5 Å². The standard InChI is InChI=1S/C24H30F2N6O2S/c25-23(26)35-19-6-4-15(5-7-19)32-21(28)20(22(29)34)13-30-24(14-27)10-8-16(9-11-24)31-17-2-1-3-18(33)12-17/h1-7,12-13,16,20,23,31,33H,8-11,14,27H2,(H2,28,32)(H2,29,34). The quantitative estimate of drug-likeness (QED) is 0.189. The Balaban J connectivity index is 1.66. The zero-order valence-electron chi connectivity index (χ0n) is 19.1. The van der Waals surface area contributed by atoms with Crippen molar-refractivity contribution in [3.05, 3.63) is 48.5 Å². The summed E-state index contributed by atoms with van der Waals surface area (Å²) in [5, 5.41) is 13.1. The van der Waals surface area contributed by atoms with Crippen LogP contribution < -0.4 is 22.5 Å². The Morgan fingerprint density at radius 2 is 1.89 bits per heavy atom. The number of rotatable bonds is 10. The molecular weight excluding hydrogens is 474 g/mol. The molecule has 1 aliphatic carbocycles. The number of thioether (sulfide) groups is 1. The van der Waals surface area contributed by atoms with Gasteiger partial charge >= 0.3 is 0 Å². The Bertz CT molecular complexity index is 1060. The van der Waals surface area contributed by atoms with E-state index in [1.807, 2.05) is 6.07 Å². The Morgan fingerprint density at radius 3 is 2.46 bits per heavy atom. The third kappa shape index (κ3) is 7.66. The van der Waals surface area contributed by atoms with Gasteiger partial charge in [0.05, 0.1) is 11.2 Å². The highest BCUT2D eigenvalue weighted by molar-refractivity contribution is 7.99. The summed E-state index contributed by atoms with van der Waals surface area (Å²) in [6.07, 6.45) is 4.42. The Kier molecular flexibility index (Phi) is 9.05. The van der Waals surface area contributed by atoms with Gasteiger partial charge in [-0.05, 0) is 62.1 Å². The molecule has 8 nitrogen and oxygen atoms in total. The minimum atomic E-state index is -2.52. The Hall–Kier alpha value is -3.18. The van der Waals surface area contributed by atoms with Crippen molar-refractivity contribution in [1.29, 1.82) is 0 Å². The van der Waals surface area contributed by atoms with Crippen LogP contribution in [-0.2, 0) is 4.79 Å². The monoisotopic (exact) mass is 504 g/mol. The number of primary amides is 1. The summed E-state index contributed by atoms with van der Waals surface area (Å²) in [7, 11) is 0. The van der Waals surface area contributed by atoms with Crippen LogP contribution in [0.25, 0.3) is 0 Å². The first-order valence-corrected chi connectivity index (χ1v) is 12.1. The molecular formula is C24H30F2N6O2S. The second-order valence-corrected chi connectivity index (χ2v) is 9.53. The van der Waals surface area contributed by atoms with Gasteiger partial charge in [0.25, 0.3) is 5.76 Å². The zero-order valence-corrected chi connectivity index (χ0v) is 19.9. The van der Waals surface area contributed by atoms with Crippen LogP contribution in [0.2, 0.25) is 0 Å². The van der Waals surface area contributed by atoms with E-state index in [0.29, 0.717) is 41.7 Å². The second-order valence-electron chi connectivity index (χ2n) is 8.46. The van der Waals surface area contributed by atoms with Gasteiger partial charge in [0.1, 0.15) is 17.5 Å². The molecule has 1 aliphatic rings. The predicted molar refractivity (Wildman–Crippen MR) is 137 cm³/mol. The summed E-state index contributed by atoms with van der Waals surface area (Å²) in [4.78, 5) is 21.3. The molecule has 8 N–H and O–H groups in total.